The van der Waals surface area contributed by atoms with Gasteiger partial charge in [-0.1, -0.05) is 0 Å². The summed E-state index contributed by atoms with van der Waals surface area (Å²) in [6, 6.07) is 2.93. The molecule has 0 fully saturated rings. The Morgan fingerprint density at radius 3 is 1.88 bits per heavy atom. The minimum atomic E-state index is -1.21. The van der Waals surface area contributed by atoms with Crippen LogP contribution in [0.4, 0.5) is 0 Å². The van der Waals surface area contributed by atoms with Crippen molar-refractivity contribution < 1.29 is 4.79 Å². The summed E-state index contributed by atoms with van der Waals surface area (Å²) in [5.74, 6) is -1.21. The lowest BCUT2D eigenvalue weighted by atomic mass is 10.2. The summed E-state index contributed by atoms with van der Waals surface area (Å²) in [6.45, 7) is 0. The highest BCUT2D eigenvalue weighted by molar-refractivity contribution is 7.96. The summed E-state index contributed by atoms with van der Waals surface area (Å²) < 4.78 is 0. The molecule has 4 heteroatoms. The largest absolute Gasteiger partial charge is 0.285 e. The second-order valence-corrected chi connectivity index (χ2v) is 1.47. The normalized spacial score (nSPS) is 7.50. The predicted octanol–water partition coefficient (Wildman–Crippen LogP) is 0.106. The molecular weight excluding hydrogens is 124 g/mol. The Hall–Kier alpha value is -1.000. The van der Waals surface area contributed by atoms with Gasteiger partial charge in [-0.05, 0) is 0 Å². The standard InChI is InChI=1S/C4H2N2OS/c5-1-3(2-6)4(7)8/h3H,(H,7,8). The Balaban J connectivity index is 4.02. The van der Waals surface area contributed by atoms with Gasteiger partial charge in [0, 0.05) is 0 Å². The van der Waals surface area contributed by atoms with E-state index in [1.807, 2.05) is 0 Å². The number of nitrogens with zero attached hydrogens (tertiary/aromatic N) is 2. The summed E-state index contributed by atoms with van der Waals surface area (Å²) in [4.78, 5) is 10.0. The molecule has 0 aromatic carbocycles. The molecule has 0 spiro atoms. The van der Waals surface area contributed by atoms with Gasteiger partial charge in [-0.2, -0.15) is 10.5 Å². The number of hydrogen-bond donors (Lipinski definition) is 1. The van der Waals surface area contributed by atoms with E-state index in [9.17, 15) is 4.79 Å². The van der Waals surface area contributed by atoms with Crippen LogP contribution in [0.5, 0.6) is 0 Å². The van der Waals surface area contributed by atoms with Gasteiger partial charge in [0.1, 0.15) is 0 Å². The first-order valence-corrected chi connectivity index (χ1v) is 2.19. The second kappa shape index (κ2) is 3.06. The van der Waals surface area contributed by atoms with Crippen molar-refractivity contribution in [2.75, 3.05) is 0 Å². The van der Waals surface area contributed by atoms with Crippen LogP contribution < -0.4 is 0 Å². The fraction of sp³-hybridized carbons (Fsp3) is 0.250. The van der Waals surface area contributed by atoms with Crippen LogP contribution >= 0.6 is 12.6 Å². The van der Waals surface area contributed by atoms with E-state index in [4.69, 9.17) is 10.5 Å². The van der Waals surface area contributed by atoms with Gasteiger partial charge >= 0.3 is 0 Å². The molecule has 0 saturated carbocycles. The van der Waals surface area contributed by atoms with Gasteiger partial charge in [-0.25, -0.2) is 0 Å². The van der Waals surface area contributed by atoms with E-state index in [1.54, 1.807) is 0 Å². The zero-order chi connectivity index (χ0) is 6.57. The van der Waals surface area contributed by atoms with Crippen molar-refractivity contribution in [2.45, 2.75) is 0 Å². The smallest absolute Gasteiger partial charge is 0.217 e. The quantitative estimate of drug-likeness (QED) is 0.507. The van der Waals surface area contributed by atoms with Crippen molar-refractivity contribution in [3.05, 3.63) is 0 Å². The average Bonchev–Trinajstić information content (AvgIpc) is 1.69. The number of carbonyl (C=O) groups excluding carboxylic acids is 1. The lowest BCUT2D eigenvalue weighted by Crippen LogP contribution is -2.01. The lowest BCUT2D eigenvalue weighted by molar-refractivity contribution is -0.111. The van der Waals surface area contributed by atoms with Crippen LogP contribution in [0.3, 0.4) is 0 Å². The Morgan fingerprint density at radius 1 is 1.50 bits per heavy atom. The Labute approximate surface area is 51.9 Å². The third-order valence-corrected chi connectivity index (χ3v) is 0.763. The molecule has 0 aromatic rings. The molecular formula is C4H2N2OS. The van der Waals surface area contributed by atoms with E-state index in [0.717, 1.165) is 0 Å². The van der Waals surface area contributed by atoms with E-state index in [0.29, 0.717) is 0 Å². The maximum atomic E-state index is 10.0. The van der Waals surface area contributed by atoms with Gasteiger partial charge in [0.2, 0.25) is 11.0 Å². The van der Waals surface area contributed by atoms with Crippen LogP contribution in [0.15, 0.2) is 0 Å². The number of rotatable bonds is 1. The number of hydrogen-bond acceptors (Lipinski definition) is 3. The summed E-state index contributed by atoms with van der Waals surface area (Å²) >= 11 is 3.27. The van der Waals surface area contributed by atoms with Crippen LogP contribution in [0, 0.1) is 28.6 Å². The highest BCUT2D eigenvalue weighted by Crippen LogP contribution is 1.95. The molecule has 0 aromatic heterocycles. The molecule has 0 aliphatic rings. The van der Waals surface area contributed by atoms with Crippen molar-refractivity contribution in [1.29, 1.82) is 10.5 Å². The van der Waals surface area contributed by atoms with Crippen LogP contribution in [0.1, 0.15) is 0 Å². The monoisotopic (exact) mass is 126 g/mol. The molecule has 0 rings (SSSR count). The highest BCUT2D eigenvalue weighted by atomic mass is 32.1. The second-order valence-electron chi connectivity index (χ2n) is 1.03. The first-order chi connectivity index (χ1) is 3.72. The van der Waals surface area contributed by atoms with E-state index in [-0.39, 0.29) is 0 Å². The van der Waals surface area contributed by atoms with E-state index >= 15 is 0 Å². The number of thiol groups is 1. The first-order valence-electron chi connectivity index (χ1n) is 1.74. The van der Waals surface area contributed by atoms with E-state index in [1.165, 1.54) is 12.1 Å². The van der Waals surface area contributed by atoms with Gasteiger partial charge in [0.25, 0.3) is 0 Å². The summed E-state index contributed by atoms with van der Waals surface area (Å²) in [6.07, 6.45) is 0. The summed E-state index contributed by atoms with van der Waals surface area (Å²) in [5, 5.41) is 15.2. The van der Waals surface area contributed by atoms with Crippen molar-refractivity contribution >= 4 is 17.7 Å². The van der Waals surface area contributed by atoms with Gasteiger partial charge in [0.15, 0.2) is 0 Å². The summed E-state index contributed by atoms with van der Waals surface area (Å²) in [7, 11) is 0. The van der Waals surface area contributed by atoms with E-state index < -0.39 is 11.0 Å². The molecule has 0 amide bonds. The van der Waals surface area contributed by atoms with Crippen molar-refractivity contribution in [3.63, 3.8) is 0 Å². The molecule has 0 aliphatic heterocycles. The van der Waals surface area contributed by atoms with Crippen molar-refractivity contribution in [3.8, 4) is 12.1 Å². The van der Waals surface area contributed by atoms with Gasteiger partial charge < -0.3 is 0 Å². The molecule has 3 nitrogen and oxygen atoms in total. The Kier molecular flexibility index (Phi) is 2.68. The molecule has 40 valence electrons. The van der Waals surface area contributed by atoms with Crippen LogP contribution in [0.25, 0.3) is 0 Å². The maximum absolute atomic E-state index is 10.0. The molecule has 0 radical (unpaired) electrons. The number of nitriles is 2. The zero-order valence-corrected chi connectivity index (χ0v) is 4.72. The van der Waals surface area contributed by atoms with Gasteiger partial charge in [-0.3, -0.25) is 4.79 Å². The van der Waals surface area contributed by atoms with Crippen molar-refractivity contribution in [2.24, 2.45) is 5.92 Å². The Bertz CT molecular complexity index is 161. The minimum absolute atomic E-state index is 0.699. The molecule has 0 unspecified atom stereocenters. The Morgan fingerprint density at radius 2 is 1.88 bits per heavy atom. The highest BCUT2D eigenvalue weighted by Gasteiger charge is 2.10. The molecule has 0 atom stereocenters. The first kappa shape index (κ1) is 7.00. The molecule has 0 bridgehead atoms. The molecule has 0 saturated heterocycles. The fourth-order valence-corrected chi connectivity index (χ4v) is 0.255. The fourth-order valence-electron chi connectivity index (χ4n) is 0.139. The zero-order valence-electron chi connectivity index (χ0n) is 3.83. The van der Waals surface area contributed by atoms with Gasteiger partial charge in [0.05, 0.1) is 12.1 Å². The molecule has 0 aliphatic carbocycles. The molecule has 8 heavy (non-hydrogen) atoms. The van der Waals surface area contributed by atoms with Crippen LogP contribution in [-0.2, 0) is 4.79 Å². The van der Waals surface area contributed by atoms with E-state index in [2.05, 4.69) is 12.6 Å². The van der Waals surface area contributed by atoms with Crippen LogP contribution in [0.2, 0.25) is 0 Å². The minimum Gasteiger partial charge on any atom is -0.285 e. The summed E-state index contributed by atoms with van der Waals surface area (Å²) in [5.41, 5.74) is 0. The van der Waals surface area contributed by atoms with Crippen molar-refractivity contribution in [1.82, 2.24) is 0 Å². The SMILES string of the molecule is N#CC(C#N)C(=O)S. The van der Waals surface area contributed by atoms with Crippen LogP contribution in [-0.4, -0.2) is 5.12 Å². The topological polar surface area (TPSA) is 64.7 Å². The predicted molar refractivity (Wildman–Crippen MR) is 28.7 cm³/mol. The molecule has 0 heterocycles. The lowest BCUT2D eigenvalue weighted by Gasteiger charge is -1.83. The third kappa shape index (κ3) is 1.63. The average molecular weight is 126 g/mol. The third-order valence-electron chi connectivity index (χ3n) is 0.505. The number of carbonyl (C=O) groups is 1. The molecule has 0 N–H and O–H groups in total. The maximum Gasteiger partial charge on any atom is 0.217 e. The van der Waals surface area contributed by atoms with Gasteiger partial charge in [-0.15, -0.1) is 12.6 Å².